The minimum Gasteiger partial charge on any atom is -0.423 e. The molecular formula is C40H24F2O8. The summed E-state index contributed by atoms with van der Waals surface area (Å²) in [5.41, 5.74) is 0.106. The van der Waals surface area contributed by atoms with E-state index >= 15 is 8.78 Å². The highest BCUT2D eigenvalue weighted by atomic mass is 19.1. The molecule has 0 spiro atoms. The van der Waals surface area contributed by atoms with Crippen molar-refractivity contribution in [3.8, 4) is 57.8 Å². The molecule has 4 aromatic rings. The minimum absolute atomic E-state index is 0.0345. The predicted octanol–water partition coefficient (Wildman–Crippen LogP) is 6.80. The van der Waals surface area contributed by atoms with E-state index in [1.807, 2.05) is 0 Å². The standard InChI is InChI=1S/C40H24F2O8/c1-5-32(43)47-29-20-13-26(14-21-29)10-9-25-11-18-28(19-12-25)36-38(42)39(49-34(45)7-3)31(37(41)40(36)50-35(46)8-4)24-17-27-15-22-30(23-16-27)48-33(44)6-2/h5-8,11-16,18-23H,1-4H2. The molecule has 8 nitrogen and oxygen atoms in total. The van der Waals surface area contributed by atoms with E-state index in [1.54, 1.807) is 24.3 Å². The molecule has 10 heteroatoms. The summed E-state index contributed by atoms with van der Waals surface area (Å²) in [4.78, 5) is 47.3. The number of ether oxygens (including phenoxy) is 4. The maximum absolute atomic E-state index is 16.4. The number of rotatable bonds is 9. The van der Waals surface area contributed by atoms with E-state index in [0.29, 0.717) is 16.9 Å². The Bertz CT molecular complexity index is 2160. The molecule has 0 fully saturated rings. The van der Waals surface area contributed by atoms with Crippen LogP contribution in [0.4, 0.5) is 8.78 Å². The first kappa shape index (κ1) is 35.6. The smallest absolute Gasteiger partial charge is 0.335 e. The second-order valence-electron chi connectivity index (χ2n) is 9.66. The first-order valence-electron chi connectivity index (χ1n) is 14.3. The lowest BCUT2D eigenvalue weighted by molar-refractivity contribution is -0.130. The number of carbonyl (C=O) groups excluding carboxylic acids is 4. The van der Waals surface area contributed by atoms with Gasteiger partial charge >= 0.3 is 23.9 Å². The SMILES string of the molecule is C=CC(=O)Oc1ccc(C#Cc2ccc(-c3c(F)c(OC(=O)C=C)c(C#Cc4ccc(OC(=O)C=C)cc4)c(F)c3OC(=O)C=C)cc2)cc1. The Kier molecular flexibility index (Phi) is 11.7. The molecule has 0 aliphatic heterocycles. The Morgan fingerprint density at radius 3 is 1.26 bits per heavy atom. The van der Waals surface area contributed by atoms with Crippen molar-refractivity contribution in [2.45, 2.75) is 0 Å². The van der Waals surface area contributed by atoms with Crippen LogP contribution in [-0.2, 0) is 19.2 Å². The minimum atomic E-state index is -1.31. The Hall–Kier alpha value is -7.30. The van der Waals surface area contributed by atoms with Crippen LogP contribution >= 0.6 is 0 Å². The molecule has 0 aromatic heterocycles. The van der Waals surface area contributed by atoms with Crippen LogP contribution in [0.5, 0.6) is 23.0 Å². The lowest BCUT2D eigenvalue weighted by atomic mass is 9.98. The second kappa shape index (κ2) is 16.5. The van der Waals surface area contributed by atoms with E-state index in [-0.39, 0.29) is 16.9 Å². The molecule has 0 aliphatic carbocycles. The van der Waals surface area contributed by atoms with Gasteiger partial charge in [-0.3, -0.25) is 0 Å². The maximum atomic E-state index is 16.4. The van der Waals surface area contributed by atoms with E-state index in [9.17, 15) is 19.2 Å². The van der Waals surface area contributed by atoms with Gasteiger partial charge in [0.2, 0.25) is 0 Å². The Labute approximate surface area is 285 Å². The molecule has 0 amide bonds. The van der Waals surface area contributed by atoms with Crippen molar-refractivity contribution in [1.29, 1.82) is 0 Å². The van der Waals surface area contributed by atoms with Crippen LogP contribution in [0.2, 0.25) is 0 Å². The fraction of sp³-hybridized carbons (Fsp3) is 0. The summed E-state index contributed by atoms with van der Waals surface area (Å²) in [6.07, 6.45) is 3.53. The number of hydrogen-bond acceptors (Lipinski definition) is 8. The molecule has 4 rings (SSSR count). The number of esters is 4. The molecule has 0 heterocycles. The van der Waals surface area contributed by atoms with Gasteiger partial charge in [-0.1, -0.05) is 62.1 Å². The quantitative estimate of drug-likeness (QED) is 0.0830. The van der Waals surface area contributed by atoms with Gasteiger partial charge in [0.25, 0.3) is 0 Å². The molecule has 0 unspecified atom stereocenters. The summed E-state index contributed by atoms with van der Waals surface area (Å²) in [5.74, 6) is 3.63. The fourth-order valence-electron chi connectivity index (χ4n) is 4.02. The average molecular weight is 671 g/mol. The molecule has 50 heavy (non-hydrogen) atoms. The topological polar surface area (TPSA) is 105 Å². The van der Waals surface area contributed by atoms with Gasteiger partial charge in [0.15, 0.2) is 23.1 Å². The van der Waals surface area contributed by atoms with Crippen molar-refractivity contribution in [2.24, 2.45) is 0 Å². The summed E-state index contributed by atoms with van der Waals surface area (Å²) in [7, 11) is 0. The summed E-state index contributed by atoms with van der Waals surface area (Å²) in [6, 6.07) is 17.9. The van der Waals surface area contributed by atoms with Crippen molar-refractivity contribution < 1.29 is 46.9 Å². The fourth-order valence-corrected chi connectivity index (χ4v) is 4.02. The van der Waals surface area contributed by atoms with E-state index in [4.69, 9.17) is 18.9 Å². The van der Waals surface area contributed by atoms with Gasteiger partial charge in [-0.25, -0.2) is 28.0 Å². The highest BCUT2D eigenvalue weighted by Gasteiger charge is 2.29. The predicted molar refractivity (Wildman–Crippen MR) is 180 cm³/mol. The zero-order valence-electron chi connectivity index (χ0n) is 26.1. The molecule has 0 atom stereocenters. The van der Waals surface area contributed by atoms with Crippen molar-refractivity contribution in [3.63, 3.8) is 0 Å². The average Bonchev–Trinajstić information content (AvgIpc) is 3.13. The third-order valence-electron chi connectivity index (χ3n) is 6.37. The monoisotopic (exact) mass is 670 g/mol. The molecule has 4 aromatic carbocycles. The zero-order valence-corrected chi connectivity index (χ0v) is 26.1. The first-order valence-corrected chi connectivity index (χ1v) is 14.3. The van der Waals surface area contributed by atoms with Gasteiger partial charge < -0.3 is 18.9 Å². The lowest BCUT2D eigenvalue weighted by Crippen LogP contribution is -2.12. The van der Waals surface area contributed by atoms with Crippen LogP contribution in [0.1, 0.15) is 22.3 Å². The third-order valence-corrected chi connectivity index (χ3v) is 6.37. The highest BCUT2D eigenvalue weighted by molar-refractivity contribution is 5.88. The van der Waals surface area contributed by atoms with Crippen molar-refractivity contribution in [3.05, 3.63) is 157 Å². The zero-order chi connectivity index (χ0) is 36.2. The maximum Gasteiger partial charge on any atom is 0.335 e. The van der Waals surface area contributed by atoms with E-state index in [1.165, 1.54) is 48.5 Å². The molecule has 0 aliphatic rings. The lowest BCUT2D eigenvalue weighted by Gasteiger charge is -2.16. The first-order chi connectivity index (χ1) is 24.1. The van der Waals surface area contributed by atoms with Gasteiger partial charge in [-0.05, 0) is 66.2 Å². The molecule has 0 saturated heterocycles. The largest absolute Gasteiger partial charge is 0.423 e. The van der Waals surface area contributed by atoms with Crippen molar-refractivity contribution in [2.75, 3.05) is 0 Å². The van der Waals surface area contributed by atoms with Gasteiger partial charge in [0.1, 0.15) is 17.1 Å². The van der Waals surface area contributed by atoms with Crippen LogP contribution < -0.4 is 18.9 Å². The van der Waals surface area contributed by atoms with E-state index in [0.717, 1.165) is 24.3 Å². The number of benzene rings is 4. The Morgan fingerprint density at radius 1 is 0.480 bits per heavy atom. The van der Waals surface area contributed by atoms with E-state index in [2.05, 4.69) is 50.0 Å². The second-order valence-corrected chi connectivity index (χ2v) is 9.66. The van der Waals surface area contributed by atoms with E-state index < -0.39 is 58.1 Å². The summed E-state index contributed by atoms with van der Waals surface area (Å²) in [5, 5.41) is 0. The van der Waals surface area contributed by atoms with Crippen LogP contribution in [0.3, 0.4) is 0 Å². The summed E-state index contributed by atoms with van der Waals surface area (Å²) >= 11 is 0. The molecule has 0 N–H and O–H groups in total. The Balaban J connectivity index is 1.77. The van der Waals surface area contributed by atoms with Crippen LogP contribution in [0.15, 0.2) is 123 Å². The normalized spacial score (nSPS) is 9.72. The molecule has 0 saturated carbocycles. The van der Waals surface area contributed by atoms with Gasteiger partial charge in [0.05, 0.1) is 5.56 Å². The molecular weight excluding hydrogens is 646 g/mol. The van der Waals surface area contributed by atoms with Crippen molar-refractivity contribution in [1.82, 2.24) is 0 Å². The van der Waals surface area contributed by atoms with Gasteiger partial charge in [0, 0.05) is 41.0 Å². The highest BCUT2D eigenvalue weighted by Crippen LogP contribution is 2.43. The molecule has 0 bridgehead atoms. The molecule has 246 valence electrons. The summed E-state index contributed by atoms with van der Waals surface area (Å²) < 4.78 is 52.9. The van der Waals surface area contributed by atoms with Crippen LogP contribution in [0.25, 0.3) is 11.1 Å². The van der Waals surface area contributed by atoms with Crippen molar-refractivity contribution >= 4 is 23.9 Å². The number of hydrogen-bond donors (Lipinski definition) is 0. The number of carbonyl (C=O) groups is 4. The van der Waals surface area contributed by atoms with Gasteiger partial charge in [-0.15, -0.1) is 0 Å². The Morgan fingerprint density at radius 2 is 0.840 bits per heavy atom. The van der Waals surface area contributed by atoms with Gasteiger partial charge in [-0.2, -0.15) is 0 Å². The van der Waals surface area contributed by atoms with Crippen LogP contribution in [0, 0.1) is 35.3 Å². The van der Waals surface area contributed by atoms with Crippen LogP contribution in [-0.4, -0.2) is 23.9 Å². The number of halogens is 2. The summed E-state index contributed by atoms with van der Waals surface area (Å²) in [6.45, 7) is 13.3. The molecule has 0 radical (unpaired) electrons. The third kappa shape index (κ3) is 8.94.